The number of phenols is 1. The first-order valence-corrected chi connectivity index (χ1v) is 15.9. The Bertz CT molecular complexity index is 1590. The van der Waals surface area contributed by atoms with Crippen LogP contribution < -0.4 is 27.4 Å². The molecule has 9 N–H and O–H groups in total. The summed E-state index contributed by atoms with van der Waals surface area (Å²) < 4.78 is 25.9. The third kappa shape index (κ3) is 8.33. The number of carbonyl (C=O) groups excluding carboxylic acids is 3. The van der Waals surface area contributed by atoms with E-state index in [1.807, 2.05) is 6.92 Å². The third-order valence-electron chi connectivity index (χ3n) is 6.99. The summed E-state index contributed by atoms with van der Waals surface area (Å²) in [6.45, 7) is 3.06. The number of aromatic hydroxyl groups is 1. The van der Waals surface area contributed by atoms with Gasteiger partial charge in [-0.05, 0) is 35.7 Å². The van der Waals surface area contributed by atoms with Crippen molar-refractivity contribution in [3.8, 4) is 5.75 Å². The van der Waals surface area contributed by atoms with Gasteiger partial charge >= 0.3 is 5.97 Å². The van der Waals surface area contributed by atoms with E-state index in [0.717, 1.165) is 11.3 Å². The fourth-order valence-corrected chi connectivity index (χ4v) is 6.71. The second-order valence-electron chi connectivity index (χ2n) is 10.1. The van der Waals surface area contributed by atoms with Gasteiger partial charge in [-0.3, -0.25) is 14.4 Å². The third-order valence-corrected chi connectivity index (χ3v) is 9.95. The van der Waals surface area contributed by atoms with Crippen molar-refractivity contribution >= 4 is 50.6 Å². The molecule has 236 valence electrons. The van der Waals surface area contributed by atoms with Crippen LogP contribution in [0.3, 0.4) is 0 Å². The molecular weight excluding hydrogens is 610 g/mol. The van der Waals surface area contributed by atoms with Gasteiger partial charge in [-0.15, -0.1) is 11.3 Å². The molecule has 15 heteroatoms. The summed E-state index contributed by atoms with van der Waals surface area (Å²) in [5.41, 5.74) is 12.3. The van der Waals surface area contributed by atoms with E-state index in [1.54, 1.807) is 37.3 Å². The van der Waals surface area contributed by atoms with Crippen molar-refractivity contribution in [3.05, 3.63) is 70.4 Å². The van der Waals surface area contributed by atoms with Crippen LogP contribution in [-0.4, -0.2) is 67.0 Å². The van der Waals surface area contributed by atoms with Crippen LogP contribution in [0.5, 0.6) is 5.75 Å². The average Bonchev–Trinajstić information content (AvgIpc) is 3.41. The molecule has 0 aliphatic rings. The standard InChI is InChI=1S/C29H35N5O8S2/c1-3-16(2)23(30)27(37)33-20(13-17-9-11-18(35)12-10-17)26(36)34-21(29(39)40)14-32-28(38)25-24(31)22(15-43-25)44(41,42)19-7-5-4-6-8-19/h4-12,15-16,20-21,23,35H,3,13-14,30-31H2,1-2H3,(H,32,38)(H,33,37)(H,34,36)(H,39,40)/t16-,20-,21-,23-/m0/s1. The van der Waals surface area contributed by atoms with E-state index in [4.69, 9.17) is 11.5 Å². The fraction of sp³-hybridized carbons (Fsp3) is 0.310. The Kier molecular flexibility index (Phi) is 11.5. The lowest BCUT2D eigenvalue weighted by atomic mass is 9.98. The summed E-state index contributed by atoms with van der Waals surface area (Å²) in [7, 11) is -4.01. The number of amides is 3. The summed E-state index contributed by atoms with van der Waals surface area (Å²) in [4.78, 5) is 50.6. The minimum Gasteiger partial charge on any atom is -0.508 e. The van der Waals surface area contributed by atoms with Crippen LogP contribution in [0.25, 0.3) is 0 Å². The van der Waals surface area contributed by atoms with E-state index in [-0.39, 0.29) is 38.4 Å². The van der Waals surface area contributed by atoms with Gasteiger partial charge in [-0.25, -0.2) is 13.2 Å². The number of benzene rings is 2. The molecule has 1 heterocycles. The van der Waals surface area contributed by atoms with Crippen molar-refractivity contribution in [1.82, 2.24) is 16.0 Å². The van der Waals surface area contributed by atoms with Crippen LogP contribution in [0.4, 0.5) is 5.69 Å². The number of thiophene rings is 1. The Balaban J connectivity index is 1.74. The number of phenolic OH excluding ortho intramolecular Hbond substituents is 1. The number of nitrogen functional groups attached to an aromatic ring is 1. The minimum absolute atomic E-state index is 0.00424. The number of aliphatic carboxylic acids is 1. The summed E-state index contributed by atoms with van der Waals surface area (Å²) in [6, 6.07) is 9.64. The largest absolute Gasteiger partial charge is 0.508 e. The quantitative estimate of drug-likeness (QED) is 0.133. The number of hydrogen-bond acceptors (Lipinski definition) is 10. The van der Waals surface area contributed by atoms with Crippen molar-refractivity contribution in [2.75, 3.05) is 12.3 Å². The molecular formula is C29H35N5O8S2. The second kappa shape index (κ2) is 14.8. The Morgan fingerprint density at radius 3 is 2.16 bits per heavy atom. The van der Waals surface area contributed by atoms with E-state index in [9.17, 15) is 37.8 Å². The minimum atomic E-state index is -4.01. The number of carboxylic acids is 1. The molecule has 3 amide bonds. The van der Waals surface area contributed by atoms with Gasteiger partial charge in [0.1, 0.15) is 27.6 Å². The van der Waals surface area contributed by atoms with Gasteiger partial charge in [0.2, 0.25) is 21.7 Å². The lowest BCUT2D eigenvalue weighted by Crippen LogP contribution is -2.57. The molecule has 0 radical (unpaired) electrons. The maximum atomic E-state index is 13.3. The Labute approximate surface area is 258 Å². The van der Waals surface area contributed by atoms with Gasteiger partial charge in [0, 0.05) is 18.3 Å². The first-order valence-electron chi connectivity index (χ1n) is 13.6. The Morgan fingerprint density at radius 1 is 0.955 bits per heavy atom. The maximum absolute atomic E-state index is 13.3. The van der Waals surface area contributed by atoms with Crippen molar-refractivity contribution in [2.45, 2.75) is 54.6 Å². The number of nitrogens with two attached hydrogens (primary N) is 2. The second-order valence-corrected chi connectivity index (χ2v) is 12.9. The highest BCUT2D eigenvalue weighted by molar-refractivity contribution is 7.91. The summed E-state index contributed by atoms with van der Waals surface area (Å²) in [6.07, 6.45) is 0.562. The molecule has 13 nitrogen and oxygen atoms in total. The van der Waals surface area contributed by atoms with Gasteiger partial charge in [-0.2, -0.15) is 0 Å². The van der Waals surface area contributed by atoms with Crippen molar-refractivity contribution in [1.29, 1.82) is 0 Å². The lowest BCUT2D eigenvalue weighted by molar-refractivity contribution is -0.142. The number of hydrogen-bond donors (Lipinski definition) is 7. The van der Waals surface area contributed by atoms with Gasteiger partial charge in [-0.1, -0.05) is 50.6 Å². The van der Waals surface area contributed by atoms with Crippen molar-refractivity contribution in [2.24, 2.45) is 11.7 Å². The summed E-state index contributed by atoms with van der Waals surface area (Å²) >= 11 is 0.772. The topological polar surface area (TPSA) is 231 Å². The number of carbonyl (C=O) groups is 4. The molecule has 0 saturated carbocycles. The van der Waals surface area contributed by atoms with Gasteiger partial charge in [0.05, 0.1) is 16.6 Å². The molecule has 2 aromatic carbocycles. The lowest BCUT2D eigenvalue weighted by Gasteiger charge is -2.24. The monoisotopic (exact) mass is 645 g/mol. The number of carboxylic acid groups (broad SMARTS) is 1. The molecule has 0 aliphatic carbocycles. The van der Waals surface area contributed by atoms with Crippen LogP contribution >= 0.6 is 11.3 Å². The number of anilines is 1. The molecule has 0 unspecified atom stereocenters. The predicted molar refractivity (Wildman–Crippen MR) is 164 cm³/mol. The van der Waals surface area contributed by atoms with E-state index >= 15 is 0 Å². The molecule has 1 aromatic heterocycles. The zero-order chi connectivity index (χ0) is 32.6. The normalized spacial score (nSPS) is 14.1. The summed E-state index contributed by atoms with van der Waals surface area (Å²) in [5, 5.41) is 27.9. The zero-order valence-corrected chi connectivity index (χ0v) is 25.7. The highest BCUT2D eigenvalue weighted by atomic mass is 32.2. The van der Waals surface area contributed by atoms with Crippen LogP contribution in [0, 0.1) is 5.92 Å². The fourth-order valence-electron chi connectivity index (χ4n) is 4.07. The summed E-state index contributed by atoms with van der Waals surface area (Å²) in [5.74, 6) is -3.96. The van der Waals surface area contributed by atoms with E-state index < -0.39 is 58.2 Å². The molecule has 0 saturated heterocycles. The van der Waals surface area contributed by atoms with Gasteiger partial charge in [0.15, 0.2) is 0 Å². The SMILES string of the molecule is CC[C@H](C)[C@H](N)C(=O)N[C@@H](Cc1ccc(O)cc1)C(=O)N[C@@H](CNC(=O)c1scc(S(=O)(=O)c2ccccc2)c1N)C(=O)O. The van der Waals surface area contributed by atoms with E-state index in [2.05, 4.69) is 16.0 Å². The highest BCUT2D eigenvalue weighted by Gasteiger charge is 2.31. The Hall–Kier alpha value is -4.47. The predicted octanol–water partition coefficient (Wildman–Crippen LogP) is 1.27. The number of sulfone groups is 1. The van der Waals surface area contributed by atoms with Crippen molar-refractivity contribution in [3.63, 3.8) is 0 Å². The molecule has 0 fully saturated rings. The van der Waals surface area contributed by atoms with Crippen molar-refractivity contribution < 1.29 is 37.8 Å². The molecule has 3 rings (SSSR count). The molecule has 0 spiro atoms. The molecule has 4 atom stereocenters. The smallest absolute Gasteiger partial charge is 0.328 e. The van der Waals surface area contributed by atoms with Crippen LogP contribution in [-0.2, 0) is 30.6 Å². The highest BCUT2D eigenvalue weighted by Crippen LogP contribution is 2.33. The Morgan fingerprint density at radius 2 is 1.57 bits per heavy atom. The van der Waals surface area contributed by atoms with Crippen LogP contribution in [0.15, 0.2) is 69.8 Å². The maximum Gasteiger partial charge on any atom is 0.328 e. The first kappa shape index (κ1) is 34.0. The molecule has 0 aliphatic heterocycles. The van der Waals surface area contributed by atoms with Crippen LogP contribution in [0.2, 0.25) is 0 Å². The van der Waals surface area contributed by atoms with E-state index in [1.165, 1.54) is 29.6 Å². The van der Waals surface area contributed by atoms with Crippen LogP contribution in [0.1, 0.15) is 35.5 Å². The number of nitrogens with one attached hydrogen (secondary N) is 3. The van der Waals surface area contributed by atoms with E-state index in [0.29, 0.717) is 12.0 Å². The van der Waals surface area contributed by atoms with Gasteiger partial charge < -0.3 is 37.6 Å². The average molecular weight is 646 g/mol. The number of rotatable bonds is 14. The molecule has 0 bridgehead atoms. The molecule has 3 aromatic rings. The first-order chi connectivity index (χ1) is 20.8. The molecule has 44 heavy (non-hydrogen) atoms. The zero-order valence-electron chi connectivity index (χ0n) is 24.0. The van der Waals surface area contributed by atoms with Gasteiger partial charge in [0.25, 0.3) is 5.91 Å².